The molecule has 4 rings (SSSR count). The van der Waals surface area contributed by atoms with E-state index in [0.717, 1.165) is 31.2 Å². The summed E-state index contributed by atoms with van der Waals surface area (Å²) >= 11 is 13.0. The number of hydrogen-bond acceptors (Lipinski definition) is 3. The maximum atomic E-state index is 13.7. The summed E-state index contributed by atoms with van der Waals surface area (Å²) in [4.78, 5) is 28.9. The molecule has 0 bridgehead atoms. The monoisotopic (exact) mass is 524 g/mol. The van der Waals surface area contributed by atoms with Crippen molar-refractivity contribution < 1.29 is 14.3 Å². The third kappa shape index (κ3) is 7.02. The zero-order valence-corrected chi connectivity index (χ0v) is 21.5. The Morgan fingerprint density at radius 3 is 2.14 bits per heavy atom. The molecule has 1 aliphatic rings. The zero-order valence-electron chi connectivity index (χ0n) is 20.0. The molecule has 1 fully saturated rings. The number of ether oxygens (including phenoxy) is 1. The van der Waals surface area contributed by atoms with Crippen molar-refractivity contribution in [2.75, 3.05) is 6.61 Å². The third-order valence-electron chi connectivity index (χ3n) is 6.47. The molecule has 3 aromatic rings. The Morgan fingerprint density at radius 1 is 0.889 bits per heavy atom. The molecule has 0 radical (unpaired) electrons. The Labute approximate surface area is 222 Å². The lowest BCUT2D eigenvalue weighted by molar-refractivity contribution is -0.143. The van der Waals surface area contributed by atoms with E-state index in [0.29, 0.717) is 27.8 Å². The Bertz CT molecular complexity index is 1130. The maximum absolute atomic E-state index is 13.7. The predicted molar refractivity (Wildman–Crippen MR) is 143 cm³/mol. The highest BCUT2D eigenvalue weighted by Crippen LogP contribution is 2.28. The normalized spacial score (nSPS) is 14.3. The van der Waals surface area contributed by atoms with Crippen molar-refractivity contribution in [3.63, 3.8) is 0 Å². The van der Waals surface area contributed by atoms with Gasteiger partial charge in [-0.25, -0.2) is 0 Å². The molecule has 1 unspecified atom stereocenters. The van der Waals surface area contributed by atoms with Crippen LogP contribution in [0.3, 0.4) is 0 Å². The summed E-state index contributed by atoms with van der Waals surface area (Å²) < 4.78 is 5.77. The second-order valence-corrected chi connectivity index (χ2v) is 9.83. The molecule has 0 spiro atoms. The fraction of sp³-hybridized carbons (Fsp3) is 0.310. The number of benzene rings is 3. The van der Waals surface area contributed by atoms with Gasteiger partial charge < -0.3 is 15.0 Å². The Kier molecular flexibility index (Phi) is 9.26. The topological polar surface area (TPSA) is 58.6 Å². The molecule has 0 saturated heterocycles. The van der Waals surface area contributed by atoms with Gasteiger partial charge in [-0.1, -0.05) is 90.6 Å². The lowest BCUT2D eigenvalue weighted by atomic mass is 10.0. The Balaban J connectivity index is 1.65. The molecule has 0 aliphatic heterocycles. The second kappa shape index (κ2) is 12.8. The number of carbonyl (C=O) groups is 2. The lowest BCUT2D eigenvalue weighted by Crippen LogP contribution is -2.53. The van der Waals surface area contributed by atoms with Crippen molar-refractivity contribution >= 4 is 35.0 Å². The van der Waals surface area contributed by atoms with Gasteiger partial charge in [-0.05, 0) is 42.7 Å². The van der Waals surface area contributed by atoms with Gasteiger partial charge >= 0.3 is 0 Å². The first-order chi connectivity index (χ1) is 17.5. The second-order valence-electron chi connectivity index (χ2n) is 9.02. The Morgan fingerprint density at radius 2 is 1.50 bits per heavy atom. The molecule has 5 nitrogen and oxygen atoms in total. The molecular formula is C29H30Cl2N2O3. The van der Waals surface area contributed by atoms with Crippen molar-refractivity contribution in [1.82, 2.24) is 10.2 Å². The summed E-state index contributed by atoms with van der Waals surface area (Å²) in [7, 11) is 0. The van der Waals surface area contributed by atoms with Gasteiger partial charge in [-0.2, -0.15) is 0 Å². The van der Waals surface area contributed by atoms with Crippen LogP contribution in [0.4, 0.5) is 0 Å². The van der Waals surface area contributed by atoms with Gasteiger partial charge in [0.2, 0.25) is 5.91 Å². The van der Waals surface area contributed by atoms with Crippen LogP contribution in [0.15, 0.2) is 78.9 Å². The van der Waals surface area contributed by atoms with Gasteiger partial charge in [0.05, 0.1) is 0 Å². The van der Waals surface area contributed by atoms with Crippen LogP contribution in [0.2, 0.25) is 10.0 Å². The summed E-state index contributed by atoms with van der Waals surface area (Å²) in [5.41, 5.74) is 1.55. The highest BCUT2D eigenvalue weighted by atomic mass is 35.5. The molecule has 0 heterocycles. The van der Waals surface area contributed by atoms with Gasteiger partial charge in [0.15, 0.2) is 6.61 Å². The van der Waals surface area contributed by atoms with E-state index in [-0.39, 0.29) is 31.0 Å². The maximum Gasteiger partial charge on any atom is 0.261 e. The molecule has 7 heteroatoms. The molecule has 2 amide bonds. The molecule has 1 aliphatic carbocycles. The summed E-state index contributed by atoms with van der Waals surface area (Å²) in [6.07, 6.45) is 4.45. The van der Waals surface area contributed by atoms with Crippen LogP contribution >= 0.6 is 23.2 Å². The molecule has 188 valence electrons. The first kappa shape index (κ1) is 26.1. The molecule has 0 aromatic heterocycles. The summed E-state index contributed by atoms with van der Waals surface area (Å²) in [5, 5.41) is 4.07. The quantitative estimate of drug-likeness (QED) is 0.350. The minimum atomic E-state index is -0.757. The Hall–Kier alpha value is -3.02. The van der Waals surface area contributed by atoms with Crippen LogP contribution in [0.1, 0.15) is 36.8 Å². The van der Waals surface area contributed by atoms with Crippen molar-refractivity contribution in [1.29, 1.82) is 0 Å². The fourth-order valence-corrected chi connectivity index (χ4v) is 5.04. The van der Waals surface area contributed by atoms with Gasteiger partial charge in [-0.3, -0.25) is 9.59 Å². The zero-order chi connectivity index (χ0) is 25.3. The van der Waals surface area contributed by atoms with E-state index in [1.54, 1.807) is 35.2 Å². The number of nitrogens with zero attached hydrogens (tertiary/aromatic N) is 1. The number of hydrogen-bond donors (Lipinski definition) is 1. The van der Waals surface area contributed by atoms with Gasteiger partial charge in [-0.15, -0.1) is 0 Å². The standard InChI is InChI=1S/C29H30Cl2N2O3/c30-25-16-9-17-26(31)24(25)19-33(28(34)20-36-23-14-5-2-6-15-23)27(18-21-10-3-1-4-11-21)29(35)32-22-12-7-8-13-22/h1-6,9-11,14-17,22,27H,7-8,12-13,18-20H2,(H,32,35). The van der Waals surface area contributed by atoms with E-state index in [2.05, 4.69) is 5.32 Å². The summed E-state index contributed by atoms with van der Waals surface area (Å²) in [6.45, 7) is -0.126. The molecule has 1 saturated carbocycles. The van der Waals surface area contributed by atoms with Crippen LogP contribution in [-0.2, 0) is 22.6 Å². The molecule has 1 N–H and O–H groups in total. The molecule has 3 aromatic carbocycles. The third-order valence-corrected chi connectivity index (χ3v) is 7.18. The number of carbonyl (C=O) groups excluding carboxylic acids is 2. The predicted octanol–water partition coefficient (Wildman–Crippen LogP) is 6.07. The number of nitrogens with one attached hydrogen (secondary N) is 1. The van der Waals surface area contributed by atoms with Crippen LogP contribution in [-0.4, -0.2) is 35.4 Å². The minimum Gasteiger partial charge on any atom is -0.484 e. The van der Waals surface area contributed by atoms with Crippen LogP contribution in [0, 0.1) is 0 Å². The highest BCUT2D eigenvalue weighted by molar-refractivity contribution is 6.36. The fourth-order valence-electron chi connectivity index (χ4n) is 4.52. The van der Waals surface area contributed by atoms with Crippen molar-refractivity contribution in [2.24, 2.45) is 0 Å². The number of halogens is 2. The first-order valence-corrected chi connectivity index (χ1v) is 13.0. The summed E-state index contributed by atoms with van der Waals surface area (Å²) in [5.74, 6) is 0.0796. The average Bonchev–Trinajstić information content (AvgIpc) is 3.40. The van der Waals surface area contributed by atoms with E-state index in [4.69, 9.17) is 27.9 Å². The van der Waals surface area contributed by atoms with E-state index >= 15 is 0 Å². The van der Waals surface area contributed by atoms with E-state index < -0.39 is 6.04 Å². The summed E-state index contributed by atoms with van der Waals surface area (Å²) in [6, 6.07) is 23.4. The number of para-hydroxylation sites is 1. The first-order valence-electron chi connectivity index (χ1n) is 12.3. The molecule has 36 heavy (non-hydrogen) atoms. The van der Waals surface area contributed by atoms with Gasteiger partial charge in [0, 0.05) is 34.6 Å². The smallest absolute Gasteiger partial charge is 0.261 e. The van der Waals surface area contributed by atoms with Crippen LogP contribution in [0.5, 0.6) is 5.75 Å². The largest absolute Gasteiger partial charge is 0.484 e. The minimum absolute atomic E-state index is 0.0884. The average molecular weight is 525 g/mol. The number of rotatable bonds is 10. The highest BCUT2D eigenvalue weighted by Gasteiger charge is 2.33. The molecule has 1 atom stereocenters. The van der Waals surface area contributed by atoms with E-state index in [1.165, 1.54) is 0 Å². The van der Waals surface area contributed by atoms with Crippen molar-refractivity contribution in [2.45, 2.75) is 50.7 Å². The molecular weight excluding hydrogens is 495 g/mol. The van der Waals surface area contributed by atoms with Crippen LogP contribution in [0.25, 0.3) is 0 Å². The van der Waals surface area contributed by atoms with Crippen LogP contribution < -0.4 is 10.1 Å². The van der Waals surface area contributed by atoms with E-state index in [1.807, 2.05) is 48.5 Å². The van der Waals surface area contributed by atoms with Gasteiger partial charge in [0.25, 0.3) is 5.91 Å². The van der Waals surface area contributed by atoms with Gasteiger partial charge in [0.1, 0.15) is 11.8 Å². The van der Waals surface area contributed by atoms with Crippen molar-refractivity contribution in [3.8, 4) is 5.75 Å². The SMILES string of the molecule is O=C(NC1CCCC1)C(Cc1ccccc1)N(Cc1c(Cl)cccc1Cl)C(=O)COc1ccccc1. The van der Waals surface area contributed by atoms with Crippen molar-refractivity contribution in [3.05, 3.63) is 100 Å². The number of amides is 2. The lowest BCUT2D eigenvalue weighted by Gasteiger charge is -2.32. The van der Waals surface area contributed by atoms with E-state index in [9.17, 15) is 9.59 Å².